The highest BCUT2D eigenvalue weighted by Gasteiger charge is 2.17. The van der Waals surface area contributed by atoms with Gasteiger partial charge in [0.1, 0.15) is 4.71 Å². The van der Waals surface area contributed by atoms with E-state index in [0.717, 1.165) is 12.5 Å². The second kappa shape index (κ2) is 3.14. The summed E-state index contributed by atoms with van der Waals surface area (Å²) in [6, 6.07) is 0. The largest absolute Gasteiger partial charge is 0.284 e. The van der Waals surface area contributed by atoms with Gasteiger partial charge in [-0.1, -0.05) is 0 Å². The smallest absolute Gasteiger partial charge is 0.102 e. The number of thiol groups is 1. The lowest BCUT2D eigenvalue weighted by Gasteiger charge is -2.34. The van der Waals surface area contributed by atoms with Crippen LogP contribution in [0.25, 0.3) is 0 Å². The van der Waals surface area contributed by atoms with E-state index in [9.17, 15) is 0 Å². The highest BCUT2D eigenvalue weighted by Crippen LogP contribution is 2.22. The molecule has 0 aromatic heterocycles. The van der Waals surface area contributed by atoms with Gasteiger partial charge in [-0.3, -0.25) is 9.80 Å². The Morgan fingerprint density at radius 2 is 2.22 bits per heavy atom. The molecule has 1 unspecified atom stereocenters. The standard InChI is InChI=1S/C5H12N2S2/c1-6-3-7(2)5(8)9-4-6/h5,8H,3-4H2,1-2H3. The molecule has 1 atom stereocenters. The van der Waals surface area contributed by atoms with Crippen molar-refractivity contribution in [3.63, 3.8) is 0 Å². The fraction of sp³-hybridized carbons (Fsp3) is 1.00. The van der Waals surface area contributed by atoms with Gasteiger partial charge in [0.2, 0.25) is 0 Å². The fourth-order valence-corrected chi connectivity index (χ4v) is 1.88. The zero-order valence-corrected chi connectivity index (χ0v) is 7.45. The Bertz CT molecular complexity index is 99.0. The average molecular weight is 164 g/mol. The van der Waals surface area contributed by atoms with Gasteiger partial charge in [-0.2, -0.15) is 0 Å². The highest BCUT2D eigenvalue weighted by atomic mass is 32.2. The van der Waals surface area contributed by atoms with Gasteiger partial charge in [-0.25, -0.2) is 0 Å². The third-order valence-electron chi connectivity index (χ3n) is 1.29. The molecule has 0 aliphatic carbocycles. The molecule has 1 heterocycles. The molecule has 1 aliphatic heterocycles. The first-order valence-corrected chi connectivity index (χ1v) is 4.45. The summed E-state index contributed by atoms with van der Waals surface area (Å²) in [6.07, 6.45) is 0. The van der Waals surface area contributed by atoms with Crippen LogP contribution in [0.1, 0.15) is 0 Å². The summed E-state index contributed by atoms with van der Waals surface area (Å²) in [7, 11) is 4.20. The van der Waals surface area contributed by atoms with Crippen molar-refractivity contribution in [2.45, 2.75) is 4.71 Å². The summed E-state index contributed by atoms with van der Waals surface area (Å²) >= 11 is 6.21. The molecule has 0 saturated carbocycles. The second-order valence-corrected chi connectivity index (χ2v) is 4.25. The van der Waals surface area contributed by atoms with E-state index in [4.69, 9.17) is 0 Å². The SMILES string of the molecule is CN1CSC(S)N(C)C1. The lowest BCUT2D eigenvalue weighted by atomic mass is 10.8. The van der Waals surface area contributed by atoms with Crippen molar-refractivity contribution in [3.8, 4) is 0 Å². The Balaban J connectivity index is 2.35. The molecule has 0 aromatic carbocycles. The number of rotatable bonds is 0. The van der Waals surface area contributed by atoms with E-state index in [0.29, 0.717) is 4.71 Å². The van der Waals surface area contributed by atoms with Crippen LogP contribution in [0.2, 0.25) is 0 Å². The van der Waals surface area contributed by atoms with Crippen LogP contribution in [0.3, 0.4) is 0 Å². The van der Waals surface area contributed by atoms with Crippen LogP contribution in [0, 0.1) is 0 Å². The Morgan fingerprint density at radius 3 is 2.67 bits per heavy atom. The molecule has 0 aromatic rings. The van der Waals surface area contributed by atoms with Crippen molar-refractivity contribution in [2.24, 2.45) is 0 Å². The minimum absolute atomic E-state index is 0.390. The van der Waals surface area contributed by atoms with Crippen LogP contribution in [0.5, 0.6) is 0 Å². The first kappa shape index (κ1) is 7.72. The molecule has 1 aliphatic rings. The van der Waals surface area contributed by atoms with Crippen LogP contribution in [0.15, 0.2) is 0 Å². The summed E-state index contributed by atoms with van der Waals surface area (Å²) in [4.78, 5) is 4.47. The van der Waals surface area contributed by atoms with Crippen LogP contribution in [0.4, 0.5) is 0 Å². The van der Waals surface area contributed by atoms with Gasteiger partial charge in [0.25, 0.3) is 0 Å². The summed E-state index contributed by atoms with van der Waals surface area (Å²) in [6.45, 7) is 1.03. The maximum Gasteiger partial charge on any atom is 0.102 e. The summed E-state index contributed by atoms with van der Waals surface area (Å²) in [5.41, 5.74) is 0. The van der Waals surface area contributed by atoms with Gasteiger partial charge in [0.15, 0.2) is 0 Å². The molecule has 1 fully saturated rings. The third-order valence-corrected chi connectivity index (χ3v) is 3.37. The molecule has 0 N–H and O–H groups in total. The summed E-state index contributed by atoms with van der Waals surface area (Å²) in [5.74, 6) is 1.10. The molecule has 0 bridgehead atoms. The Hall–Kier alpha value is 0.620. The molecular weight excluding hydrogens is 152 g/mol. The molecule has 0 radical (unpaired) electrons. The molecule has 54 valence electrons. The Labute approximate surface area is 66.0 Å². The van der Waals surface area contributed by atoms with E-state index in [1.165, 1.54) is 0 Å². The topological polar surface area (TPSA) is 6.48 Å². The number of thioether (sulfide) groups is 1. The monoisotopic (exact) mass is 164 g/mol. The molecule has 1 rings (SSSR count). The van der Waals surface area contributed by atoms with Crippen molar-refractivity contribution < 1.29 is 0 Å². The van der Waals surface area contributed by atoms with E-state index in [2.05, 4.69) is 36.5 Å². The molecule has 9 heavy (non-hydrogen) atoms. The Morgan fingerprint density at radius 1 is 1.56 bits per heavy atom. The third kappa shape index (κ3) is 2.04. The van der Waals surface area contributed by atoms with Gasteiger partial charge in [0.05, 0.1) is 6.67 Å². The zero-order chi connectivity index (χ0) is 6.85. The van der Waals surface area contributed by atoms with Crippen molar-refractivity contribution in [1.82, 2.24) is 9.80 Å². The average Bonchev–Trinajstić information content (AvgIpc) is 1.80. The van der Waals surface area contributed by atoms with Crippen molar-refractivity contribution in [3.05, 3.63) is 0 Å². The first-order valence-electron chi connectivity index (χ1n) is 2.88. The van der Waals surface area contributed by atoms with Gasteiger partial charge in [0, 0.05) is 5.88 Å². The lowest BCUT2D eigenvalue weighted by molar-refractivity contribution is 0.207. The van der Waals surface area contributed by atoms with Crippen molar-refractivity contribution in [1.29, 1.82) is 0 Å². The van der Waals surface area contributed by atoms with Crippen molar-refractivity contribution >= 4 is 24.4 Å². The second-order valence-electron chi connectivity index (χ2n) is 2.38. The lowest BCUT2D eigenvalue weighted by Crippen LogP contribution is -2.41. The van der Waals surface area contributed by atoms with Crippen LogP contribution < -0.4 is 0 Å². The van der Waals surface area contributed by atoms with Crippen LogP contribution in [-0.4, -0.2) is 41.1 Å². The van der Waals surface area contributed by atoms with E-state index in [1.807, 2.05) is 11.8 Å². The maximum absolute atomic E-state index is 4.36. The molecule has 0 amide bonds. The van der Waals surface area contributed by atoms with Gasteiger partial charge in [-0.05, 0) is 14.1 Å². The fourth-order valence-electron chi connectivity index (χ4n) is 0.813. The van der Waals surface area contributed by atoms with Crippen LogP contribution >= 0.6 is 24.4 Å². The van der Waals surface area contributed by atoms with E-state index < -0.39 is 0 Å². The number of nitrogens with zero attached hydrogens (tertiary/aromatic N) is 2. The summed E-state index contributed by atoms with van der Waals surface area (Å²) in [5, 5.41) is 0. The normalized spacial score (nSPS) is 33.0. The number of hydrogen-bond donors (Lipinski definition) is 1. The highest BCUT2D eigenvalue weighted by molar-refractivity contribution is 8.10. The minimum Gasteiger partial charge on any atom is -0.284 e. The van der Waals surface area contributed by atoms with E-state index in [1.54, 1.807) is 0 Å². The van der Waals surface area contributed by atoms with E-state index in [-0.39, 0.29) is 0 Å². The van der Waals surface area contributed by atoms with E-state index >= 15 is 0 Å². The predicted octanol–water partition coefficient (Wildman–Crippen LogP) is 0.725. The maximum atomic E-state index is 4.36. The Kier molecular flexibility index (Phi) is 2.70. The minimum atomic E-state index is 0.390. The zero-order valence-electron chi connectivity index (χ0n) is 5.74. The summed E-state index contributed by atoms with van der Waals surface area (Å²) < 4.78 is 0.390. The molecular formula is C5H12N2S2. The van der Waals surface area contributed by atoms with Gasteiger partial charge in [-0.15, -0.1) is 24.4 Å². The molecule has 2 nitrogen and oxygen atoms in total. The molecule has 0 spiro atoms. The quantitative estimate of drug-likeness (QED) is 0.528. The first-order chi connectivity index (χ1) is 4.20. The number of hydrogen-bond acceptors (Lipinski definition) is 4. The van der Waals surface area contributed by atoms with Crippen LogP contribution in [-0.2, 0) is 0 Å². The van der Waals surface area contributed by atoms with Crippen molar-refractivity contribution in [2.75, 3.05) is 26.6 Å². The molecule has 4 heteroatoms. The predicted molar refractivity (Wildman–Crippen MR) is 45.6 cm³/mol. The molecule has 1 saturated heterocycles. The van der Waals surface area contributed by atoms with Gasteiger partial charge >= 0.3 is 0 Å². The van der Waals surface area contributed by atoms with Gasteiger partial charge < -0.3 is 0 Å².